The second-order valence-corrected chi connectivity index (χ2v) is 7.41. The molecule has 0 saturated carbocycles. The van der Waals surface area contributed by atoms with Crippen molar-refractivity contribution in [3.8, 4) is 5.75 Å². The summed E-state index contributed by atoms with van der Waals surface area (Å²) in [6, 6.07) is 9.47. The van der Waals surface area contributed by atoms with Gasteiger partial charge in [-0.05, 0) is 29.3 Å². The number of amides is 1. The number of carbonyl (C=O) groups excluding carboxylic acids is 1. The van der Waals surface area contributed by atoms with Gasteiger partial charge in [-0.15, -0.1) is 11.3 Å². The van der Waals surface area contributed by atoms with E-state index < -0.39 is 10.8 Å². The molecule has 0 radical (unpaired) electrons. The molecule has 110 valence electrons. The molecule has 0 fully saturated rings. The third-order valence-corrected chi connectivity index (χ3v) is 5.94. The summed E-state index contributed by atoms with van der Waals surface area (Å²) in [4.78, 5) is 13.9. The van der Waals surface area contributed by atoms with Gasteiger partial charge < -0.3 is 10.1 Å². The SMILES string of the molecule is COc1ccc(CNC(=O)c2cc3c(s2)C[S@@](=O)C3)cc1. The van der Waals surface area contributed by atoms with E-state index in [0.717, 1.165) is 21.8 Å². The molecule has 2 heterocycles. The van der Waals surface area contributed by atoms with Crippen LogP contribution in [0.2, 0.25) is 0 Å². The molecule has 1 aliphatic heterocycles. The maximum absolute atomic E-state index is 12.1. The van der Waals surface area contributed by atoms with Crippen molar-refractivity contribution in [2.24, 2.45) is 0 Å². The Balaban J connectivity index is 1.61. The first-order chi connectivity index (χ1) is 10.2. The predicted octanol–water partition coefficient (Wildman–Crippen LogP) is 2.45. The summed E-state index contributed by atoms with van der Waals surface area (Å²) in [5.41, 5.74) is 2.09. The third kappa shape index (κ3) is 3.16. The van der Waals surface area contributed by atoms with Crippen LogP contribution in [0.25, 0.3) is 0 Å². The number of nitrogens with one attached hydrogen (secondary N) is 1. The monoisotopic (exact) mass is 321 g/mol. The van der Waals surface area contributed by atoms with Crippen LogP contribution in [0.3, 0.4) is 0 Å². The lowest BCUT2D eigenvalue weighted by Crippen LogP contribution is -2.21. The van der Waals surface area contributed by atoms with Crippen molar-refractivity contribution in [2.45, 2.75) is 18.1 Å². The van der Waals surface area contributed by atoms with Crippen LogP contribution in [0.4, 0.5) is 0 Å². The van der Waals surface area contributed by atoms with Gasteiger partial charge in [-0.1, -0.05) is 12.1 Å². The molecular formula is C15H15NO3S2. The number of hydrogen-bond donors (Lipinski definition) is 1. The Kier molecular flexibility index (Phi) is 4.07. The molecule has 0 aliphatic carbocycles. The zero-order chi connectivity index (χ0) is 14.8. The maximum atomic E-state index is 12.1. The summed E-state index contributed by atoms with van der Waals surface area (Å²) in [5.74, 6) is 1.90. The summed E-state index contributed by atoms with van der Waals surface area (Å²) in [7, 11) is 0.845. The van der Waals surface area contributed by atoms with Crippen molar-refractivity contribution in [1.82, 2.24) is 5.32 Å². The maximum Gasteiger partial charge on any atom is 0.261 e. The standard InChI is InChI=1S/C15H15NO3S2/c1-19-12-4-2-10(3-5-12)7-16-15(17)13-6-11-8-21(18)9-14(11)20-13/h2-6H,7-9H2,1H3,(H,16,17)/t21-/m0/s1. The number of rotatable bonds is 4. The second-order valence-electron chi connectivity index (χ2n) is 4.82. The number of ether oxygens (including phenoxy) is 1. The molecule has 1 atom stereocenters. The van der Waals surface area contributed by atoms with E-state index in [-0.39, 0.29) is 5.91 Å². The van der Waals surface area contributed by atoms with Gasteiger partial charge in [0.1, 0.15) is 5.75 Å². The summed E-state index contributed by atoms with van der Waals surface area (Å²) in [5, 5.41) is 2.91. The molecule has 0 saturated heterocycles. The van der Waals surface area contributed by atoms with Crippen LogP contribution in [-0.2, 0) is 28.9 Å². The van der Waals surface area contributed by atoms with Gasteiger partial charge in [0.05, 0.1) is 23.5 Å². The van der Waals surface area contributed by atoms with Gasteiger partial charge in [0.15, 0.2) is 0 Å². The van der Waals surface area contributed by atoms with Gasteiger partial charge in [-0.3, -0.25) is 9.00 Å². The molecule has 1 aromatic heterocycles. The summed E-state index contributed by atoms with van der Waals surface area (Å²) < 4.78 is 16.5. The van der Waals surface area contributed by atoms with Crippen molar-refractivity contribution < 1.29 is 13.7 Å². The zero-order valence-corrected chi connectivity index (χ0v) is 13.2. The molecule has 0 spiro atoms. The number of benzene rings is 1. The Morgan fingerprint density at radius 3 is 2.76 bits per heavy atom. The molecule has 1 aromatic carbocycles. The van der Waals surface area contributed by atoms with E-state index in [2.05, 4.69) is 5.32 Å². The third-order valence-electron chi connectivity index (χ3n) is 3.34. The fourth-order valence-corrected chi connectivity index (χ4v) is 5.01. The number of thiophene rings is 1. The minimum absolute atomic E-state index is 0.0731. The van der Waals surface area contributed by atoms with Crippen LogP contribution >= 0.6 is 11.3 Å². The van der Waals surface area contributed by atoms with E-state index in [1.165, 1.54) is 11.3 Å². The lowest BCUT2D eigenvalue weighted by atomic mass is 10.2. The Morgan fingerprint density at radius 2 is 2.10 bits per heavy atom. The topological polar surface area (TPSA) is 55.4 Å². The number of methoxy groups -OCH3 is 1. The van der Waals surface area contributed by atoms with Crippen molar-refractivity contribution in [3.63, 3.8) is 0 Å². The van der Waals surface area contributed by atoms with Crippen LogP contribution < -0.4 is 10.1 Å². The summed E-state index contributed by atoms with van der Waals surface area (Å²) in [6.45, 7) is 0.483. The Labute approximate surface area is 129 Å². The molecular weight excluding hydrogens is 306 g/mol. The zero-order valence-electron chi connectivity index (χ0n) is 11.5. The number of fused-ring (bicyclic) bond motifs is 1. The highest BCUT2D eigenvalue weighted by Gasteiger charge is 2.22. The second kappa shape index (κ2) is 5.99. The average molecular weight is 321 g/mol. The minimum Gasteiger partial charge on any atom is -0.497 e. The van der Waals surface area contributed by atoms with Gasteiger partial charge in [0.2, 0.25) is 0 Å². The first-order valence-electron chi connectivity index (χ1n) is 6.53. The molecule has 1 N–H and O–H groups in total. The van der Waals surface area contributed by atoms with Crippen molar-refractivity contribution in [3.05, 3.63) is 51.2 Å². The molecule has 2 aromatic rings. The van der Waals surface area contributed by atoms with Crippen LogP contribution in [-0.4, -0.2) is 17.2 Å². The lowest BCUT2D eigenvalue weighted by Gasteiger charge is -2.05. The van der Waals surface area contributed by atoms with E-state index in [0.29, 0.717) is 22.9 Å². The van der Waals surface area contributed by atoms with Crippen LogP contribution in [0.1, 0.15) is 25.7 Å². The van der Waals surface area contributed by atoms with Gasteiger partial charge in [0, 0.05) is 22.2 Å². The van der Waals surface area contributed by atoms with Crippen molar-refractivity contribution in [1.29, 1.82) is 0 Å². The Morgan fingerprint density at radius 1 is 1.33 bits per heavy atom. The molecule has 1 aliphatic rings. The van der Waals surface area contributed by atoms with Crippen LogP contribution in [0.15, 0.2) is 30.3 Å². The first-order valence-corrected chi connectivity index (χ1v) is 8.84. The lowest BCUT2D eigenvalue weighted by molar-refractivity contribution is 0.0955. The van der Waals surface area contributed by atoms with Gasteiger partial charge in [0.25, 0.3) is 5.91 Å². The smallest absolute Gasteiger partial charge is 0.261 e. The van der Waals surface area contributed by atoms with Crippen molar-refractivity contribution >= 4 is 28.0 Å². The van der Waals surface area contributed by atoms with E-state index >= 15 is 0 Å². The predicted molar refractivity (Wildman–Crippen MR) is 84.0 cm³/mol. The Hall–Kier alpha value is -1.66. The summed E-state index contributed by atoms with van der Waals surface area (Å²) in [6.07, 6.45) is 0. The minimum atomic E-state index is -0.780. The van der Waals surface area contributed by atoms with E-state index in [1.807, 2.05) is 30.3 Å². The largest absolute Gasteiger partial charge is 0.497 e. The van der Waals surface area contributed by atoms with Gasteiger partial charge in [-0.25, -0.2) is 0 Å². The Bertz CT molecular complexity index is 666. The van der Waals surface area contributed by atoms with Gasteiger partial charge >= 0.3 is 0 Å². The molecule has 6 heteroatoms. The molecule has 3 rings (SSSR count). The van der Waals surface area contributed by atoms with Crippen molar-refractivity contribution in [2.75, 3.05) is 7.11 Å². The van der Waals surface area contributed by atoms with E-state index in [4.69, 9.17) is 4.74 Å². The first kappa shape index (κ1) is 14.3. The molecule has 1 amide bonds. The fourth-order valence-electron chi connectivity index (χ4n) is 2.21. The fraction of sp³-hybridized carbons (Fsp3) is 0.267. The number of hydrogen-bond acceptors (Lipinski definition) is 4. The van der Waals surface area contributed by atoms with Crippen LogP contribution in [0.5, 0.6) is 5.75 Å². The molecule has 0 bridgehead atoms. The molecule has 21 heavy (non-hydrogen) atoms. The summed E-state index contributed by atoms with van der Waals surface area (Å²) >= 11 is 1.45. The quantitative estimate of drug-likeness (QED) is 0.941. The normalized spacial score (nSPS) is 16.5. The highest BCUT2D eigenvalue weighted by molar-refractivity contribution is 7.84. The highest BCUT2D eigenvalue weighted by atomic mass is 32.2. The van der Waals surface area contributed by atoms with Gasteiger partial charge in [-0.2, -0.15) is 0 Å². The highest BCUT2D eigenvalue weighted by Crippen LogP contribution is 2.30. The number of carbonyl (C=O) groups is 1. The molecule has 0 unspecified atom stereocenters. The van der Waals surface area contributed by atoms with E-state index in [1.54, 1.807) is 7.11 Å². The average Bonchev–Trinajstić information content (AvgIpc) is 3.02. The van der Waals surface area contributed by atoms with E-state index in [9.17, 15) is 9.00 Å². The van der Waals surface area contributed by atoms with Crippen LogP contribution in [0, 0.1) is 0 Å². The molecule has 4 nitrogen and oxygen atoms in total.